The van der Waals surface area contributed by atoms with Crippen LogP contribution < -0.4 is 5.56 Å². The molecule has 0 atom stereocenters. The lowest BCUT2D eigenvalue weighted by atomic mass is 10.1. The molecule has 142 valence electrons. The van der Waals surface area contributed by atoms with Crippen molar-refractivity contribution in [3.63, 3.8) is 0 Å². The third-order valence-corrected chi connectivity index (χ3v) is 5.17. The largest absolute Gasteiger partial charge is 0.296 e. The molecular formula is C23H19N5O. The third kappa shape index (κ3) is 2.81. The Bertz CT molecular complexity index is 1430. The molecule has 6 heteroatoms. The van der Waals surface area contributed by atoms with Gasteiger partial charge in [0, 0.05) is 48.0 Å². The van der Waals surface area contributed by atoms with Gasteiger partial charge in [0.1, 0.15) is 5.65 Å². The maximum atomic E-state index is 12.9. The van der Waals surface area contributed by atoms with Crippen LogP contribution in [0.4, 0.5) is 0 Å². The number of rotatable bonds is 2. The Hall–Kier alpha value is -3.80. The Morgan fingerprint density at radius 3 is 2.41 bits per heavy atom. The van der Waals surface area contributed by atoms with E-state index in [0.717, 1.165) is 44.9 Å². The number of nitrogens with zero attached hydrogens (tertiary/aromatic N) is 5. The summed E-state index contributed by atoms with van der Waals surface area (Å²) in [6.07, 6.45) is 3.56. The van der Waals surface area contributed by atoms with Gasteiger partial charge in [0.15, 0.2) is 0 Å². The van der Waals surface area contributed by atoms with Crippen LogP contribution in [0.15, 0.2) is 65.7 Å². The van der Waals surface area contributed by atoms with Crippen molar-refractivity contribution in [2.24, 2.45) is 7.05 Å². The van der Waals surface area contributed by atoms with Gasteiger partial charge in [-0.2, -0.15) is 5.10 Å². The van der Waals surface area contributed by atoms with Crippen molar-refractivity contribution in [3.05, 3.63) is 82.7 Å². The second-order valence-corrected chi connectivity index (χ2v) is 7.28. The topological polar surface area (TPSA) is 65.1 Å². The standard InChI is InChI=1S/C23H19N5O/c1-14-9-18(10-15(2)25-14)20-12-22-27(3)23(29)19-7-6-16(11-21(19)28(22)26-20)17-5-4-8-24-13-17/h4-13H,1-3H3. The number of aryl methyl sites for hydroxylation is 3. The van der Waals surface area contributed by atoms with Crippen LogP contribution in [0.5, 0.6) is 0 Å². The van der Waals surface area contributed by atoms with Crippen molar-refractivity contribution >= 4 is 16.6 Å². The molecule has 0 saturated carbocycles. The van der Waals surface area contributed by atoms with E-state index in [-0.39, 0.29) is 5.56 Å². The number of hydrogen-bond acceptors (Lipinski definition) is 4. The van der Waals surface area contributed by atoms with Crippen molar-refractivity contribution in [2.75, 3.05) is 0 Å². The Balaban J connectivity index is 1.82. The molecule has 0 amide bonds. The summed E-state index contributed by atoms with van der Waals surface area (Å²) in [6, 6.07) is 15.7. The lowest BCUT2D eigenvalue weighted by Gasteiger charge is -2.08. The molecule has 0 bridgehead atoms. The summed E-state index contributed by atoms with van der Waals surface area (Å²) in [7, 11) is 1.78. The summed E-state index contributed by atoms with van der Waals surface area (Å²) in [6.45, 7) is 3.94. The molecule has 0 aliphatic rings. The predicted molar refractivity (Wildman–Crippen MR) is 114 cm³/mol. The molecule has 0 radical (unpaired) electrons. The average Bonchev–Trinajstić information content (AvgIpc) is 3.17. The van der Waals surface area contributed by atoms with Crippen LogP contribution in [0.1, 0.15) is 11.4 Å². The van der Waals surface area contributed by atoms with Crippen LogP contribution in [0.25, 0.3) is 38.9 Å². The fourth-order valence-corrected chi connectivity index (χ4v) is 3.80. The number of benzene rings is 1. The molecule has 4 aromatic heterocycles. The van der Waals surface area contributed by atoms with Crippen LogP contribution in [0.3, 0.4) is 0 Å². The molecule has 1 aromatic carbocycles. The molecule has 0 fully saturated rings. The van der Waals surface area contributed by atoms with E-state index < -0.39 is 0 Å². The number of fused-ring (bicyclic) bond motifs is 3. The molecule has 4 heterocycles. The van der Waals surface area contributed by atoms with Crippen LogP contribution in [0.2, 0.25) is 0 Å². The first-order valence-electron chi connectivity index (χ1n) is 9.40. The monoisotopic (exact) mass is 381 g/mol. The van der Waals surface area contributed by atoms with Gasteiger partial charge in [-0.05, 0) is 49.7 Å². The minimum Gasteiger partial charge on any atom is -0.296 e. The molecule has 29 heavy (non-hydrogen) atoms. The quantitative estimate of drug-likeness (QED) is 0.465. The van der Waals surface area contributed by atoms with Gasteiger partial charge in [-0.25, -0.2) is 4.52 Å². The van der Waals surface area contributed by atoms with Gasteiger partial charge in [0.2, 0.25) is 0 Å². The van der Waals surface area contributed by atoms with Gasteiger partial charge in [0.25, 0.3) is 5.56 Å². The summed E-state index contributed by atoms with van der Waals surface area (Å²) in [5, 5.41) is 5.47. The van der Waals surface area contributed by atoms with Crippen LogP contribution in [-0.2, 0) is 7.05 Å². The molecule has 6 nitrogen and oxygen atoms in total. The third-order valence-electron chi connectivity index (χ3n) is 5.17. The SMILES string of the molecule is Cc1cc(-c2cc3n(C)c(=O)c4ccc(-c5cccnc5)cc4n3n2)cc(C)n1. The minimum absolute atomic E-state index is 0.0428. The maximum Gasteiger partial charge on any atom is 0.261 e. The fourth-order valence-electron chi connectivity index (χ4n) is 3.80. The zero-order chi connectivity index (χ0) is 20.1. The van der Waals surface area contributed by atoms with Gasteiger partial charge in [0.05, 0.1) is 16.6 Å². The van der Waals surface area contributed by atoms with E-state index in [1.165, 1.54) is 0 Å². The Morgan fingerprint density at radius 2 is 1.69 bits per heavy atom. The lowest BCUT2D eigenvalue weighted by molar-refractivity contribution is 0.850. The van der Waals surface area contributed by atoms with Gasteiger partial charge in [-0.3, -0.25) is 19.3 Å². The van der Waals surface area contributed by atoms with Gasteiger partial charge in [-0.15, -0.1) is 0 Å². The second kappa shape index (κ2) is 6.38. The minimum atomic E-state index is -0.0428. The van der Waals surface area contributed by atoms with Crippen molar-refractivity contribution in [2.45, 2.75) is 13.8 Å². The summed E-state index contributed by atoms with van der Waals surface area (Å²) < 4.78 is 3.49. The Morgan fingerprint density at radius 1 is 0.897 bits per heavy atom. The molecule has 0 N–H and O–H groups in total. The highest BCUT2D eigenvalue weighted by molar-refractivity contribution is 5.86. The highest BCUT2D eigenvalue weighted by Gasteiger charge is 2.14. The van der Waals surface area contributed by atoms with E-state index in [9.17, 15) is 4.79 Å². The Labute approximate surface area is 167 Å². The first-order chi connectivity index (χ1) is 14.0. The van der Waals surface area contributed by atoms with Crippen LogP contribution in [-0.4, -0.2) is 24.1 Å². The van der Waals surface area contributed by atoms with E-state index in [2.05, 4.69) is 9.97 Å². The van der Waals surface area contributed by atoms with E-state index in [4.69, 9.17) is 5.10 Å². The number of hydrogen-bond donors (Lipinski definition) is 0. The summed E-state index contributed by atoms with van der Waals surface area (Å²) >= 11 is 0. The molecule has 0 unspecified atom stereocenters. The molecule has 5 rings (SSSR count). The predicted octanol–water partition coefficient (Wildman–Crippen LogP) is 3.93. The zero-order valence-corrected chi connectivity index (χ0v) is 16.4. The van der Waals surface area contributed by atoms with Gasteiger partial charge in [-0.1, -0.05) is 12.1 Å². The maximum absolute atomic E-state index is 12.9. The molecule has 0 aliphatic carbocycles. The van der Waals surface area contributed by atoms with E-state index in [0.29, 0.717) is 5.39 Å². The lowest BCUT2D eigenvalue weighted by Crippen LogP contribution is -2.19. The second-order valence-electron chi connectivity index (χ2n) is 7.28. The van der Waals surface area contributed by atoms with Crippen molar-refractivity contribution in [1.82, 2.24) is 24.1 Å². The van der Waals surface area contributed by atoms with Gasteiger partial charge >= 0.3 is 0 Å². The molecule has 0 saturated heterocycles. The summed E-state index contributed by atoms with van der Waals surface area (Å²) in [5.41, 5.74) is 7.15. The molecule has 5 aromatic rings. The van der Waals surface area contributed by atoms with Crippen molar-refractivity contribution in [3.8, 4) is 22.4 Å². The zero-order valence-electron chi connectivity index (χ0n) is 16.4. The van der Waals surface area contributed by atoms with Crippen LogP contribution in [0, 0.1) is 13.8 Å². The van der Waals surface area contributed by atoms with Crippen molar-refractivity contribution in [1.29, 1.82) is 0 Å². The van der Waals surface area contributed by atoms with Gasteiger partial charge < -0.3 is 0 Å². The first-order valence-corrected chi connectivity index (χ1v) is 9.40. The van der Waals surface area contributed by atoms with E-state index >= 15 is 0 Å². The van der Waals surface area contributed by atoms with Crippen LogP contribution >= 0.6 is 0 Å². The Kier molecular flexibility index (Phi) is 3.81. The first kappa shape index (κ1) is 17.3. The summed E-state index contributed by atoms with van der Waals surface area (Å²) in [5.74, 6) is 0. The highest BCUT2D eigenvalue weighted by atomic mass is 16.1. The molecular weight excluding hydrogens is 362 g/mol. The molecule has 0 spiro atoms. The number of pyridine rings is 2. The number of aromatic nitrogens is 5. The van der Waals surface area contributed by atoms with E-state index in [1.54, 1.807) is 17.8 Å². The normalized spacial score (nSPS) is 11.4. The van der Waals surface area contributed by atoms with Crippen molar-refractivity contribution < 1.29 is 0 Å². The highest BCUT2D eigenvalue weighted by Crippen LogP contribution is 2.26. The summed E-state index contributed by atoms with van der Waals surface area (Å²) in [4.78, 5) is 21.6. The smallest absolute Gasteiger partial charge is 0.261 e. The average molecular weight is 381 g/mol. The molecule has 0 aliphatic heterocycles. The van der Waals surface area contributed by atoms with E-state index in [1.807, 2.05) is 73.1 Å². The fraction of sp³-hybridized carbons (Fsp3) is 0.130.